The number of fused-ring (bicyclic) bond motifs is 1. The lowest BCUT2D eigenvalue weighted by atomic mass is 10.2. The van der Waals surface area contributed by atoms with Gasteiger partial charge in [-0.25, -0.2) is 0 Å². The van der Waals surface area contributed by atoms with Gasteiger partial charge in [0.05, 0.1) is 0 Å². The zero-order valence-electron chi connectivity index (χ0n) is 13.4. The monoisotopic (exact) mass is 368 g/mol. The molecule has 130 valence electrons. The van der Waals surface area contributed by atoms with Crippen LogP contribution < -0.4 is 20.1 Å². The van der Waals surface area contributed by atoms with E-state index in [1.807, 2.05) is 12.1 Å². The van der Waals surface area contributed by atoms with E-state index in [2.05, 4.69) is 20.8 Å². The molecule has 4 rings (SSSR count). The topological polar surface area (TPSA) is 85.4 Å². The lowest BCUT2D eigenvalue weighted by molar-refractivity contribution is 0.102. The zero-order chi connectivity index (χ0) is 17.9. The zero-order valence-corrected chi connectivity index (χ0v) is 14.2. The molecule has 26 heavy (non-hydrogen) atoms. The van der Waals surface area contributed by atoms with Crippen molar-refractivity contribution in [3.05, 3.63) is 65.2 Å². The first-order chi connectivity index (χ1) is 12.7. The molecule has 2 heterocycles. The highest BCUT2D eigenvalue weighted by Gasteiger charge is 2.16. The van der Waals surface area contributed by atoms with Crippen molar-refractivity contribution in [2.24, 2.45) is 0 Å². The van der Waals surface area contributed by atoms with Crippen molar-refractivity contribution >= 4 is 34.8 Å². The molecule has 1 aliphatic heterocycles. The summed E-state index contributed by atoms with van der Waals surface area (Å²) in [6.07, 6.45) is 0. The van der Waals surface area contributed by atoms with Crippen molar-refractivity contribution in [1.29, 1.82) is 0 Å². The smallest absolute Gasteiger partial charge is 0.257 e. The van der Waals surface area contributed by atoms with Gasteiger partial charge in [-0.2, -0.15) is 0 Å². The number of anilines is 3. The summed E-state index contributed by atoms with van der Waals surface area (Å²) in [7, 11) is 0. The van der Waals surface area contributed by atoms with Crippen molar-refractivity contribution in [2.45, 2.75) is 0 Å². The molecule has 0 radical (unpaired) electrons. The number of carbonyl (C=O) groups is 1. The van der Waals surface area contributed by atoms with E-state index in [1.54, 1.807) is 42.5 Å². The van der Waals surface area contributed by atoms with Crippen LogP contribution in [-0.4, -0.2) is 22.9 Å². The predicted molar refractivity (Wildman–Crippen MR) is 97.3 cm³/mol. The summed E-state index contributed by atoms with van der Waals surface area (Å²) < 4.78 is 10.5. The summed E-state index contributed by atoms with van der Waals surface area (Å²) >= 11 is 5.95. The van der Waals surface area contributed by atoms with Gasteiger partial charge in [0.25, 0.3) is 5.91 Å². The van der Waals surface area contributed by atoms with Gasteiger partial charge in [-0.3, -0.25) is 4.79 Å². The summed E-state index contributed by atoms with van der Waals surface area (Å²) in [5.41, 5.74) is 1.24. The SMILES string of the molecule is O=C(Nc1ccc(Nc2cccc(Cl)c2)nn1)c1ccc2c(c1)OCO2. The van der Waals surface area contributed by atoms with E-state index >= 15 is 0 Å². The standard InChI is InChI=1S/C18H13ClN4O3/c19-12-2-1-3-13(9-12)20-16-6-7-17(23-22-16)21-18(24)11-4-5-14-15(8-11)26-10-25-14/h1-9H,10H2,(H,20,22)(H,21,23,24). The molecular weight excluding hydrogens is 356 g/mol. The Morgan fingerprint density at radius 1 is 0.962 bits per heavy atom. The largest absolute Gasteiger partial charge is 0.454 e. The van der Waals surface area contributed by atoms with Gasteiger partial charge < -0.3 is 20.1 Å². The number of rotatable bonds is 4. The number of hydrogen-bond acceptors (Lipinski definition) is 6. The van der Waals surface area contributed by atoms with Crippen molar-refractivity contribution in [3.63, 3.8) is 0 Å². The maximum absolute atomic E-state index is 12.3. The van der Waals surface area contributed by atoms with Crippen LogP contribution in [0.1, 0.15) is 10.4 Å². The minimum Gasteiger partial charge on any atom is -0.454 e. The van der Waals surface area contributed by atoms with E-state index in [4.69, 9.17) is 21.1 Å². The minimum atomic E-state index is -0.312. The number of amides is 1. The molecule has 3 aromatic rings. The molecule has 0 saturated carbocycles. The fraction of sp³-hybridized carbons (Fsp3) is 0.0556. The van der Waals surface area contributed by atoms with Crippen molar-refractivity contribution in [1.82, 2.24) is 10.2 Å². The van der Waals surface area contributed by atoms with E-state index < -0.39 is 0 Å². The van der Waals surface area contributed by atoms with Crippen LogP contribution in [0.4, 0.5) is 17.3 Å². The molecule has 0 fully saturated rings. The van der Waals surface area contributed by atoms with Crippen LogP contribution in [0.2, 0.25) is 5.02 Å². The van der Waals surface area contributed by atoms with E-state index in [0.29, 0.717) is 33.7 Å². The summed E-state index contributed by atoms with van der Waals surface area (Å²) in [5, 5.41) is 14.4. The van der Waals surface area contributed by atoms with Gasteiger partial charge in [0.15, 0.2) is 23.1 Å². The van der Waals surface area contributed by atoms with E-state index in [1.165, 1.54) is 0 Å². The molecule has 8 heteroatoms. The Morgan fingerprint density at radius 2 is 1.77 bits per heavy atom. The molecule has 0 aliphatic carbocycles. The number of nitrogens with zero attached hydrogens (tertiary/aromatic N) is 2. The Bertz CT molecular complexity index is 963. The summed E-state index contributed by atoms with van der Waals surface area (Å²) in [4.78, 5) is 12.3. The highest BCUT2D eigenvalue weighted by molar-refractivity contribution is 6.30. The Labute approximate surface area is 153 Å². The van der Waals surface area contributed by atoms with Crippen LogP contribution in [-0.2, 0) is 0 Å². The fourth-order valence-corrected chi connectivity index (χ4v) is 2.60. The second-order valence-corrected chi connectivity index (χ2v) is 5.90. The molecular formula is C18H13ClN4O3. The maximum Gasteiger partial charge on any atom is 0.257 e. The molecule has 1 amide bonds. The molecule has 2 N–H and O–H groups in total. The van der Waals surface area contributed by atoms with Gasteiger partial charge in [0.2, 0.25) is 6.79 Å². The third-order valence-corrected chi connectivity index (χ3v) is 3.87. The Morgan fingerprint density at radius 3 is 2.58 bits per heavy atom. The third kappa shape index (κ3) is 3.52. The van der Waals surface area contributed by atoms with Crippen molar-refractivity contribution in [3.8, 4) is 11.5 Å². The van der Waals surface area contributed by atoms with Crippen molar-refractivity contribution < 1.29 is 14.3 Å². The first-order valence-electron chi connectivity index (χ1n) is 7.75. The number of carbonyl (C=O) groups excluding carboxylic acids is 1. The van der Waals surface area contributed by atoms with Gasteiger partial charge >= 0.3 is 0 Å². The molecule has 0 saturated heterocycles. The number of aromatic nitrogens is 2. The van der Waals surface area contributed by atoms with Crippen LogP contribution in [0.15, 0.2) is 54.6 Å². The van der Waals surface area contributed by atoms with Crippen LogP contribution in [0, 0.1) is 0 Å². The fourth-order valence-electron chi connectivity index (χ4n) is 2.41. The summed E-state index contributed by atoms with van der Waals surface area (Å²) in [6.45, 7) is 0.160. The van der Waals surface area contributed by atoms with Gasteiger partial charge in [-0.15, -0.1) is 10.2 Å². The molecule has 0 unspecified atom stereocenters. The number of hydrogen-bond donors (Lipinski definition) is 2. The Hall–Kier alpha value is -3.32. The molecule has 0 spiro atoms. The average Bonchev–Trinajstić information content (AvgIpc) is 3.11. The summed E-state index contributed by atoms with van der Waals surface area (Å²) in [6, 6.07) is 15.6. The minimum absolute atomic E-state index is 0.160. The van der Waals surface area contributed by atoms with Gasteiger partial charge in [0.1, 0.15) is 0 Å². The molecule has 7 nitrogen and oxygen atoms in total. The van der Waals surface area contributed by atoms with Crippen LogP contribution in [0.3, 0.4) is 0 Å². The second kappa shape index (κ2) is 6.89. The second-order valence-electron chi connectivity index (χ2n) is 5.46. The molecule has 1 aliphatic rings. The van der Waals surface area contributed by atoms with Crippen molar-refractivity contribution in [2.75, 3.05) is 17.4 Å². The van der Waals surface area contributed by atoms with E-state index in [-0.39, 0.29) is 12.7 Å². The highest BCUT2D eigenvalue weighted by Crippen LogP contribution is 2.32. The maximum atomic E-state index is 12.3. The van der Waals surface area contributed by atoms with Crippen LogP contribution in [0.25, 0.3) is 0 Å². The Balaban J connectivity index is 1.43. The van der Waals surface area contributed by atoms with Crippen LogP contribution >= 0.6 is 11.6 Å². The number of halogens is 1. The Kier molecular flexibility index (Phi) is 4.28. The van der Waals surface area contributed by atoms with Crippen LogP contribution in [0.5, 0.6) is 11.5 Å². The summed E-state index contributed by atoms with van der Waals surface area (Å²) in [5.74, 6) is 1.73. The number of benzene rings is 2. The lowest BCUT2D eigenvalue weighted by Crippen LogP contribution is -2.13. The first-order valence-corrected chi connectivity index (χ1v) is 8.12. The van der Waals surface area contributed by atoms with Gasteiger partial charge in [-0.05, 0) is 48.5 Å². The number of ether oxygens (including phenoxy) is 2. The molecule has 0 atom stereocenters. The first kappa shape index (κ1) is 16.2. The quantitative estimate of drug-likeness (QED) is 0.727. The van der Waals surface area contributed by atoms with E-state index in [9.17, 15) is 4.79 Å². The van der Waals surface area contributed by atoms with Gasteiger partial charge in [0, 0.05) is 16.3 Å². The average molecular weight is 369 g/mol. The molecule has 1 aromatic heterocycles. The lowest BCUT2D eigenvalue weighted by Gasteiger charge is -2.07. The van der Waals surface area contributed by atoms with Gasteiger partial charge in [-0.1, -0.05) is 17.7 Å². The predicted octanol–water partition coefficient (Wildman–Crippen LogP) is 3.85. The van der Waals surface area contributed by atoms with E-state index in [0.717, 1.165) is 5.69 Å². The highest BCUT2D eigenvalue weighted by atomic mass is 35.5. The molecule has 0 bridgehead atoms. The normalized spacial score (nSPS) is 11.9. The third-order valence-electron chi connectivity index (χ3n) is 3.64. The number of nitrogens with one attached hydrogen (secondary N) is 2. The molecule has 2 aromatic carbocycles.